The van der Waals surface area contributed by atoms with E-state index in [1.54, 1.807) is 10.9 Å². The van der Waals surface area contributed by atoms with E-state index in [0.717, 1.165) is 43.9 Å². The summed E-state index contributed by atoms with van der Waals surface area (Å²) in [5.41, 5.74) is 9.27. The number of nitrogens with two attached hydrogens (primary N) is 1. The fraction of sp³-hybridized carbons (Fsp3) is 0.545. The molecule has 0 bridgehead atoms. The minimum atomic E-state index is -0.00410. The second-order valence-corrected chi connectivity index (χ2v) is 8.85. The van der Waals surface area contributed by atoms with Gasteiger partial charge in [0.25, 0.3) is 0 Å². The van der Waals surface area contributed by atoms with Gasteiger partial charge in [-0.2, -0.15) is 10.2 Å². The van der Waals surface area contributed by atoms with Crippen LogP contribution in [-0.4, -0.2) is 56.3 Å². The molecule has 1 spiro atoms. The predicted octanol–water partition coefficient (Wildman–Crippen LogP) is 1.60. The molecule has 10 heteroatoms. The van der Waals surface area contributed by atoms with Gasteiger partial charge in [0, 0.05) is 69.1 Å². The second-order valence-electron chi connectivity index (χ2n) is 8.85. The Morgan fingerprint density at radius 1 is 1.38 bits per heavy atom. The van der Waals surface area contributed by atoms with E-state index in [1.165, 1.54) is 5.69 Å². The number of rotatable bonds is 5. The monoisotopic (exact) mass is 438 g/mol. The second kappa shape index (κ2) is 7.99. The quantitative estimate of drug-likeness (QED) is 0.736. The molecule has 1 saturated heterocycles. The molecule has 0 radical (unpaired) electrons. The standard InChI is InChI=1S/C22H30N8O2/c1-3-24-21(31)29-8-5-22(14-29)6-9-30-19(22)11-17(27-30)15-10-18(20(23)25-12-15)32-13-16-4-7-26-28(16)2/h4,7,11-12,15H,3,5-6,8-10,13-14,23H2,1-2H3,(H,24,31). The molecule has 10 nitrogen and oxygen atoms in total. The number of ether oxygens (including phenoxy) is 1. The molecule has 0 aromatic carbocycles. The Labute approximate surface area is 187 Å². The van der Waals surface area contributed by atoms with E-state index in [4.69, 9.17) is 15.6 Å². The third kappa shape index (κ3) is 3.53. The van der Waals surface area contributed by atoms with Gasteiger partial charge in [0.15, 0.2) is 5.82 Å². The molecule has 3 N–H and O–H groups in total. The van der Waals surface area contributed by atoms with Crippen LogP contribution in [0.4, 0.5) is 4.79 Å². The van der Waals surface area contributed by atoms with Crippen molar-refractivity contribution in [2.75, 3.05) is 19.6 Å². The zero-order valence-corrected chi connectivity index (χ0v) is 18.6. The van der Waals surface area contributed by atoms with Crippen molar-refractivity contribution < 1.29 is 9.53 Å². The SMILES string of the molecule is CCNC(=O)N1CCC2(CCn3nc(C4C=NC(N)=C(OCc5ccnn5C)C4)cc32)C1. The van der Waals surface area contributed by atoms with Gasteiger partial charge in [-0.05, 0) is 31.9 Å². The number of nitrogens with one attached hydrogen (secondary N) is 1. The first-order valence-electron chi connectivity index (χ1n) is 11.2. The van der Waals surface area contributed by atoms with Crippen LogP contribution >= 0.6 is 0 Å². The summed E-state index contributed by atoms with van der Waals surface area (Å²) < 4.78 is 9.90. The highest BCUT2D eigenvalue weighted by Gasteiger charge is 2.47. The van der Waals surface area contributed by atoms with Crippen LogP contribution < -0.4 is 11.1 Å². The zero-order valence-electron chi connectivity index (χ0n) is 18.6. The summed E-state index contributed by atoms with van der Waals surface area (Å²) in [5, 5.41) is 12.0. The molecule has 0 saturated carbocycles. The zero-order chi connectivity index (χ0) is 22.3. The van der Waals surface area contributed by atoms with Crippen molar-refractivity contribution in [3.05, 3.63) is 47.0 Å². The summed E-state index contributed by atoms with van der Waals surface area (Å²) in [6.45, 7) is 5.39. The van der Waals surface area contributed by atoms with E-state index in [-0.39, 0.29) is 17.4 Å². The number of amides is 2. The summed E-state index contributed by atoms with van der Waals surface area (Å²) in [6, 6.07) is 4.15. The fourth-order valence-corrected chi connectivity index (χ4v) is 5.00. The van der Waals surface area contributed by atoms with Crippen LogP contribution in [0.3, 0.4) is 0 Å². The van der Waals surface area contributed by atoms with Crippen molar-refractivity contribution in [3.63, 3.8) is 0 Å². The largest absolute Gasteiger partial charge is 0.488 e. The normalized spacial score (nSPS) is 24.4. The van der Waals surface area contributed by atoms with Crippen LogP contribution in [0, 0.1) is 0 Å². The number of urea groups is 1. The highest BCUT2D eigenvalue weighted by Crippen LogP contribution is 2.43. The molecular formula is C22H30N8O2. The van der Waals surface area contributed by atoms with E-state index in [0.29, 0.717) is 31.2 Å². The third-order valence-electron chi connectivity index (χ3n) is 6.89. The number of aliphatic imine (C=N–C) groups is 1. The Morgan fingerprint density at radius 2 is 2.22 bits per heavy atom. The van der Waals surface area contributed by atoms with Crippen molar-refractivity contribution >= 4 is 12.2 Å². The summed E-state index contributed by atoms with van der Waals surface area (Å²) in [5.74, 6) is 1.12. The Morgan fingerprint density at radius 3 is 3.00 bits per heavy atom. The third-order valence-corrected chi connectivity index (χ3v) is 6.89. The van der Waals surface area contributed by atoms with Crippen LogP contribution in [0.15, 0.2) is 34.9 Å². The molecule has 1 fully saturated rings. The minimum absolute atomic E-state index is 0.00410. The molecule has 0 aliphatic carbocycles. The van der Waals surface area contributed by atoms with Gasteiger partial charge >= 0.3 is 6.03 Å². The summed E-state index contributed by atoms with van der Waals surface area (Å²) in [6.07, 6.45) is 6.24. The van der Waals surface area contributed by atoms with E-state index in [1.807, 2.05) is 31.2 Å². The first-order valence-corrected chi connectivity index (χ1v) is 11.2. The lowest BCUT2D eigenvalue weighted by atomic mass is 9.82. The molecular weight excluding hydrogens is 408 g/mol. The molecule has 2 unspecified atom stereocenters. The molecule has 32 heavy (non-hydrogen) atoms. The van der Waals surface area contributed by atoms with Gasteiger partial charge in [-0.3, -0.25) is 9.36 Å². The van der Waals surface area contributed by atoms with Gasteiger partial charge < -0.3 is 20.7 Å². The lowest BCUT2D eigenvalue weighted by Gasteiger charge is -2.23. The molecule has 2 amide bonds. The smallest absolute Gasteiger partial charge is 0.317 e. The van der Waals surface area contributed by atoms with E-state index in [9.17, 15) is 4.79 Å². The van der Waals surface area contributed by atoms with Crippen molar-refractivity contribution in [2.45, 2.75) is 50.7 Å². The molecule has 2 aromatic heterocycles. The number of carbonyl (C=O) groups excluding carboxylic acids is 1. The maximum atomic E-state index is 12.3. The number of likely N-dealkylation sites (tertiary alicyclic amines) is 1. The highest BCUT2D eigenvalue weighted by atomic mass is 16.5. The highest BCUT2D eigenvalue weighted by molar-refractivity contribution is 5.75. The number of hydrogen-bond donors (Lipinski definition) is 2. The molecule has 5 heterocycles. The molecule has 170 valence electrons. The van der Waals surface area contributed by atoms with Crippen molar-refractivity contribution in [3.8, 4) is 0 Å². The molecule has 3 aliphatic rings. The molecule has 2 atom stereocenters. The number of carbonyl (C=O) groups is 1. The van der Waals surface area contributed by atoms with Crippen LogP contribution in [0.5, 0.6) is 0 Å². The summed E-state index contributed by atoms with van der Waals surface area (Å²) >= 11 is 0. The average molecular weight is 439 g/mol. The molecule has 2 aromatic rings. The number of aromatic nitrogens is 4. The predicted molar refractivity (Wildman–Crippen MR) is 119 cm³/mol. The number of nitrogens with zero attached hydrogens (tertiary/aromatic N) is 6. The summed E-state index contributed by atoms with van der Waals surface area (Å²) in [4.78, 5) is 18.6. The fourth-order valence-electron chi connectivity index (χ4n) is 5.00. The number of allylic oxidation sites excluding steroid dienone is 1. The van der Waals surface area contributed by atoms with Crippen LogP contribution in [0.2, 0.25) is 0 Å². The average Bonchev–Trinajstić information content (AvgIpc) is 3.55. The van der Waals surface area contributed by atoms with Crippen LogP contribution in [-0.2, 0) is 30.4 Å². The first-order chi connectivity index (χ1) is 15.5. The Kier molecular flexibility index (Phi) is 5.15. The Hall–Kier alpha value is -3.30. The van der Waals surface area contributed by atoms with Gasteiger partial charge in [0.2, 0.25) is 0 Å². The number of fused-ring (bicyclic) bond motifs is 2. The van der Waals surface area contributed by atoms with Crippen molar-refractivity contribution in [2.24, 2.45) is 17.8 Å². The Balaban J connectivity index is 1.29. The number of hydrogen-bond acceptors (Lipinski definition) is 6. The van der Waals surface area contributed by atoms with E-state index < -0.39 is 0 Å². The van der Waals surface area contributed by atoms with Gasteiger partial charge in [-0.15, -0.1) is 0 Å². The Bertz CT molecular complexity index is 1080. The maximum absolute atomic E-state index is 12.3. The maximum Gasteiger partial charge on any atom is 0.317 e. The van der Waals surface area contributed by atoms with Gasteiger partial charge in [-0.1, -0.05) is 0 Å². The lowest BCUT2D eigenvalue weighted by molar-refractivity contribution is 0.175. The molecule has 5 rings (SSSR count). The van der Waals surface area contributed by atoms with Gasteiger partial charge in [-0.25, -0.2) is 9.79 Å². The van der Waals surface area contributed by atoms with E-state index in [2.05, 4.69) is 26.2 Å². The molecule has 3 aliphatic heterocycles. The number of aryl methyl sites for hydroxylation is 2. The topological polar surface area (TPSA) is 116 Å². The van der Waals surface area contributed by atoms with Crippen molar-refractivity contribution in [1.82, 2.24) is 29.8 Å². The van der Waals surface area contributed by atoms with Gasteiger partial charge in [0.1, 0.15) is 12.4 Å². The van der Waals surface area contributed by atoms with Gasteiger partial charge in [0.05, 0.1) is 11.4 Å². The van der Waals surface area contributed by atoms with Crippen LogP contribution in [0.1, 0.15) is 49.2 Å². The summed E-state index contributed by atoms with van der Waals surface area (Å²) in [7, 11) is 1.89. The minimum Gasteiger partial charge on any atom is -0.488 e. The lowest BCUT2D eigenvalue weighted by Crippen LogP contribution is -2.40. The van der Waals surface area contributed by atoms with Crippen molar-refractivity contribution in [1.29, 1.82) is 0 Å². The van der Waals surface area contributed by atoms with Crippen LogP contribution in [0.25, 0.3) is 0 Å². The first kappa shape index (κ1) is 20.6. The van der Waals surface area contributed by atoms with E-state index >= 15 is 0 Å².